The summed E-state index contributed by atoms with van der Waals surface area (Å²) in [5.74, 6) is -0.738. The van der Waals surface area contributed by atoms with E-state index >= 15 is 0 Å². The molecule has 2 aromatic rings. The highest BCUT2D eigenvalue weighted by Crippen LogP contribution is 2.20. The van der Waals surface area contributed by atoms with Gasteiger partial charge in [0.2, 0.25) is 0 Å². The minimum Gasteiger partial charge on any atom is -0.377 e. The van der Waals surface area contributed by atoms with Crippen LogP contribution >= 0.6 is 22.6 Å². The van der Waals surface area contributed by atoms with Crippen molar-refractivity contribution >= 4 is 34.2 Å². The highest BCUT2D eigenvalue weighted by Gasteiger charge is 2.10. The number of benzene rings is 2. The molecule has 1 amide bonds. The van der Waals surface area contributed by atoms with Crippen LogP contribution in [-0.4, -0.2) is 13.0 Å². The first kappa shape index (κ1) is 15.9. The molecule has 110 valence electrons. The molecule has 21 heavy (non-hydrogen) atoms. The number of carbonyl (C=O) groups excluding carboxylic acids is 1. The third-order valence-corrected chi connectivity index (χ3v) is 4.02. The first-order chi connectivity index (χ1) is 10.0. The summed E-state index contributed by atoms with van der Waals surface area (Å²) in [4.78, 5) is 12.1. The second kappa shape index (κ2) is 7.00. The van der Waals surface area contributed by atoms with Gasteiger partial charge in [0.25, 0.3) is 5.91 Å². The number of rotatable bonds is 4. The van der Waals surface area contributed by atoms with Crippen LogP contribution in [0.5, 0.6) is 0 Å². The van der Waals surface area contributed by atoms with Crippen LogP contribution in [0.1, 0.15) is 28.9 Å². The average Bonchev–Trinajstić information content (AvgIpc) is 2.49. The van der Waals surface area contributed by atoms with Gasteiger partial charge in [0.1, 0.15) is 5.82 Å². The summed E-state index contributed by atoms with van der Waals surface area (Å²) in [5.41, 5.74) is 1.91. The van der Waals surface area contributed by atoms with Gasteiger partial charge in [0.15, 0.2) is 0 Å². The van der Waals surface area contributed by atoms with Gasteiger partial charge in [0.05, 0.1) is 6.10 Å². The summed E-state index contributed by atoms with van der Waals surface area (Å²) in [6.07, 6.45) is -0.0578. The van der Waals surface area contributed by atoms with Crippen LogP contribution < -0.4 is 5.32 Å². The Morgan fingerprint density at radius 3 is 2.71 bits per heavy atom. The Balaban J connectivity index is 2.17. The first-order valence-corrected chi connectivity index (χ1v) is 7.48. The van der Waals surface area contributed by atoms with Crippen LogP contribution in [0.4, 0.5) is 10.1 Å². The molecule has 0 radical (unpaired) electrons. The molecule has 3 nitrogen and oxygen atoms in total. The van der Waals surface area contributed by atoms with Gasteiger partial charge < -0.3 is 10.1 Å². The predicted octanol–water partition coefficient (Wildman–Crippen LogP) is 4.39. The summed E-state index contributed by atoms with van der Waals surface area (Å²) in [5, 5.41) is 2.76. The summed E-state index contributed by atoms with van der Waals surface area (Å²) in [6.45, 7) is 1.93. The van der Waals surface area contributed by atoms with E-state index in [-0.39, 0.29) is 17.6 Å². The number of halogens is 2. The lowest BCUT2D eigenvalue weighted by Gasteiger charge is -2.12. The third kappa shape index (κ3) is 4.01. The molecule has 0 aromatic heterocycles. The Hall–Kier alpha value is -1.47. The molecule has 0 aliphatic rings. The number of ether oxygens (including phenoxy) is 1. The fourth-order valence-corrected chi connectivity index (χ4v) is 2.18. The molecule has 0 bridgehead atoms. The molecule has 2 rings (SSSR count). The van der Waals surface area contributed by atoms with Crippen molar-refractivity contribution in [2.75, 3.05) is 12.4 Å². The molecule has 0 saturated heterocycles. The number of methoxy groups -OCH3 is 1. The van der Waals surface area contributed by atoms with E-state index < -0.39 is 5.82 Å². The Kier molecular flexibility index (Phi) is 5.30. The van der Waals surface area contributed by atoms with E-state index in [1.807, 2.05) is 47.7 Å². The standard InChI is InChI=1S/C16H15FINO2/c1-10(21-2)11-4-3-5-13(8-11)19-16(20)12-6-7-15(18)14(17)9-12/h3-10H,1-2H3,(H,19,20). The number of anilines is 1. The van der Waals surface area contributed by atoms with Crippen LogP contribution in [-0.2, 0) is 4.74 Å². The zero-order chi connectivity index (χ0) is 15.4. The molecule has 1 unspecified atom stereocenters. The van der Waals surface area contributed by atoms with Crippen LogP contribution in [0.25, 0.3) is 0 Å². The van der Waals surface area contributed by atoms with Gasteiger partial charge in [-0.1, -0.05) is 12.1 Å². The fourth-order valence-electron chi connectivity index (χ4n) is 1.85. The highest BCUT2D eigenvalue weighted by molar-refractivity contribution is 14.1. The first-order valence-electron chi connectivity index (χ1n) is 6.40. The monoisotopic (exact) mass is 399 g/mol. The van der Waals surface area contributed by atoms with Gasteiger partial charge in [-0.25, -0.2) is 4.39 Å². The molecule has 0 aliphatic carbocycles. The van der Waals surface area contributed by atoms with Crippen LogP contribution in [0.2, 0.25) is 0 Å². The van der Waals surface area contributed by atoms with E-state index in [0.717, 1.165) is 5.56 Å². The Bertz CT molecular complexity index is 660. The zero-order valence-corrected chi connectivity index (χ0v) is 13.8. The molecule has 0 spiro atoms. The van der Waals surface area contributed by atoms with E-state index in [2.05, 4.69) is 5.32 Å². The molecule has 0 aliphatic heterocycles. The summed E-state index contributed by atoms with van der Waals surface area (Å²) < 4.78 is 19.2. The molecule has 0 saturated carbocycles. The SMILES string of the molecule is COC(C)c1cccc(NC(=O)c2ccc(I)c(F)c2)c1. The largest absolute Gasteiger partial charge is 0.377 e. The number of nitrogens with one attached hydrogen (secondary N) is 1. The second-order valence-corrected chi connectivity index (χ2v) is 5.75. The second-order valence-electron chi connectivity index (χ2n) is 4.59. The predicted molar refractivity (Wildman–Crippen MR) is 88.9 cm³/mol. The quantitative estimate of drug-likeness (QED) is 0.775. The summed E-state index contributed by atoms with van der Waals surface area (Å²) in [7, 11) is 1.63. The maximum atomic E-state index is 13.5. The van der Waals surface area contributed by atoms with Crippen molar-refractivity contribution in [3.05, 3.63) is 63.0 Å². The molecule has 0 fully saturated rings. The maximum Gasteiger partial charge on any atom is 0.255 e. The summed E-state index contributed by atoms with van der Waals surface area (Å²) >= 11 is 1.88. The topological polar surface area (TPSA) is 38.3 Å². The van der Waals surface area contributed by atoms with Crippen molar-refractivity contribution < 1.29 is 13.9 Å². The van der Waals surface area contributed by atoms with Gasteiger partial charge >= 0.3 is 0 Å². The van der Waals surface area contributed by atoms with Gasteiger partial charge in [-0.2, -0.15) is 0 Å². The van der Waals surface area contributed by atoms with Gasteiger partial charge in [-0.05, 0) is 65.4 Å². The minimum atomic E-state index is -0.398. The van der Waals surface area contributed by atoms with E-state index in [1.54, 1.807) is 25.3 Å². The van der Waals surface area contributed by atoms with Crippen LogP contribution in [0.3, 0.4) is 0 Å². The van der Waals surface area contributed by atoms with Crippen molar-refractivity contribution in [3.63, 3.8) is 0 Å². The molecule has 1 N–H and O–H groups in total. The van der Waals surface area contributed by atoms with E-state index in [0.29, 0.717) is 9.26 Å². The maximum absolute atomic E-state index is 13.5. The summed E-state index contributed by atoms with van der Waals surface area (Å²) in [6, 6.07) is 11.8. The molecular formula is C16H15FINO2. The molecule has 0 heterocycles. The van der Waals surface area contributed by atoms with Crippen LogP contribution in [0.15, 0.2) is 42.5 Å². The lowest BCUT2D eigenvalue weighted by Crippen LogP contribution is -2.12. The number of hydrogen-bond acceptors (Lipinski definition) is 2. The molecular weight excluding hydrogens is 384 g/mol. The molecule has 5 heteroatoms. The number of hydrogen-bond donors (Lipinski definition) is 1. The van der Waals surface area contributed by atoms with Crippen molar-refractivity contribution in [1.82, 2.24) is 0 Å². The normalized spacial score (nSPS) is 12.0. The molecule has 2 aromatic carbocycles. The van der Waals surface area contributed by atoms with Gasteiger partial charge in [0, 0.05) is 21.9 Å². The zero-order valence-electron chi connectivity index (χ0n) is 11.7. The Labute approximate surface area is 136 Å². The van der Waals surface area contributed by atoms with Crippen molar-refractivity contribution in [1.29, 1.82) is 0 Å². The van der Waals surface area contributed by atoms with Gasteiger partial charge in [-0.15, -0.1) is 0 Å². The lowest BCUT2D eigenvalue weighted by molar-refractivity contribution is 0.102. The Morgan fingerprint density at radius 2 is 2.05 bits per heavy atom. The van der Waals surface area contributed by atoms with Crippen molar-refractivity contribution in [2.24, 2.45) is 0 Å². The third-order valence-electron chi connectivity index (χ3n) is 3.15. The average molecular weight is 399 g/mol. The number of carbonyl (C=O) groups is 1. The Morgan fingerprint density at radius 1 is 1.29 bits per heavy atom. The van der Waals surface area contributed by atoms with E-state index in [1.165, 1.54) is 6.07 Å². The lowest BCUT2D eigenvalue weighted by atomic mass is 10.1. The van der Waals surface area contributed by atoms with Crippen molar-refractivity contribution in [2.45, 2.75) is 13.0 Å². The fraction of sp³-hybridized carbons (Fsp3) is 0.188. The van der Waals surface area contributed by atoms with Crippen LogP contribution in [0, 0.1) is 9.39 Å². The number of amides is 1. The van der Waals surface area contributed by atoms with E-state index in [4.69, 9.17) is 4.74 Å². The highest BCUT2D eigenvalue weighted by atomic mass is 127. The minimum absolute atomic E-state index is 0.0578. The van der Waals surface area contributed by atoms with Gasteiger partial charge in [-0.3, -0.25) is 4.79 Å². The smallest absolute Gasteiger partial charge is 0.255 e. The van der Waals surface area contributed by atoms with E-state index in [9.17, 15) is 9.18 Å². The molecule has 1 atom stereocenters. The van der Waals surface area contributed by atoms with Crippen molar-refractivity contribution in [3.8, 4) is 0 Å².